The first-order valence-corrected chi connectivity index (χ1v) is 7.39. The van der Waals surface area contributed by atoms with Crippen LogP contribution < -0.4 is 10.1 Å². The number of rotatable bonds is 6. The number of benzene rings is 2. The van der Waals surface area contributed by atoms with Gasteiger partial charge in [-0.25, -0.2) is 4.39 Å². The van der Waals surface area contributed by atoms with Crippen molar-refractivity contribution >= 4 is 21.6 Å². The van der Waals surface area contributed by atoms with Gasteiger partial charge < -0.3 is 10.1 Å². The third-order valence-corrected chi connectivity index (χ3v) is 3.42. The minimum Gasteiger partial charge on any atom is -0.494 e. The maximum atomic E-state index is 13.1. The molecule has 0 unspecified atom stereocenters. The second-order valence-corrected chi connectivity index (χ2v) is 5.33. The first-order chi connectivity index (χ1) is 9.69. The standard InChI is InChI=1S/C16H17BrFNO/c1-2-9-20-14-6-4-13(5-7-14)19-11-12-3-8-16(18)15(17)10-12/h3-8,10,19H,2,9,11H2,1H3. The molecule has 0 saturated heterocycles. The van der Waals surface area contributed by atoms with Gasteiger partial charge in [0.05, 0.1) is 11.1 Å². The molecule has 0 aliphatic heterocycles. The van der Waals surface area contributed by atoms with Crippen molar-refractivity contribution in [2.24, 2.45) is 0 Å². The number of halogens is 2. The van der Waals surface area contributed by atoms with Gasteiger partial charge in [0.2, 0.25) is 0 Å². The second kappa shape index (κ2) is 7.29. The van der Waals surface area contributed by atoms with Crippen molar-refractivity contribution in [3.63, 3.8) is 0 Å². The van der Waals surface area contributed by atoms with Crippen molar-refractivity contribution in [2.45, 2.75) is 19.9 Å². The SMILES string of the molecule is CCCOc1ccc(NCc2ccc(F)c(Br)c2)cc1. The van der Waals surface area contributed by atoms with Gasteiger partial charge in [-0.15, -0.1) is 0 Å². The topological polar surface area (TPSA) is 21.3 Å². The lowest BCUT2D eigenvalue weighted by atomic mass is 10.2. The molecule has 0 fully saturated rings. The van der Waals surface area contributed by atoms with E-state index in [1.165, 1.54) is 6.07 Å². The fraction of sp³-hybridized carbons (Fsp3) is 0.250. The molecule has 0 amide bonds. The summed E-state index contributed by atoms with van der Waals surface area (Å²) < 4.78 is 19.1. The zero-order valence-electron chi connectivity index (χ0n) is 11.3. The van der Waals surface area contributed by atoms with E-state index in [4.69, 9.17) is 4.74 Å². The smallest absolute Gasteiger partial charge is 0.137 e. The molecule has 0 bridgehead atoms. The molecule has 2 aromatic rings. The summed E-state index contributed by atoms with van der Waals surface area (Å²) in [6, 6.07) is 12.8. The summed E-state index contributed by atoms with van der Waals surface area (Å²) >= 11 is 3.19. The molecule has 20 heavy (non-hydrogen) atoms. The van der Waals surface area contributed by atoms with Crippen LogP contribution in [0.1, 0.15) is 18.9 Å². The van der Waals surface area contributed by atoms with Crippen molar-refractivity contribution in [3.05, 3.63) is 58.3 Å². The Hall–Kier alpha value is -1.55. The fourth-order valence-electron chi connectivity index (χ4n) is 1.74. The molecule has 1 N–H and O–H groups in total. The van der Waals surface area contributed by atoms with Crippen LogP contribution in [0.4, 0.5) is 10.1 Å². The number of nitrogens with one attached hydrogen (secondary N) is 1. The first-order valence-electron chi connectivity index (χ1n) is 6.59. The summed E-state index contributed by atoms with van der Waals surface area (Å²) in [7, 11) is 0. The second-order valence-electron chi connectivity index (χ2n) is 4.47. The zero-order valence-corrected chi connectivity index (χ0v) is 12.9. The Morgan fingerprint density at radius 3 is 2.55 bits per heavy atom. The van der Waals surface area contributed by atoms with Gasteiger partial charge >= 0.3 is 0 Å². The lowest BCUT2D eigenvalue weighted by Gasteiger charge is -2.09. The normalized spacial score (nSPS) is 10.3. The molecule has 0 radical (unpaired) electrons. The third-order valence-electron chi connectivity index (χ3n) is 2.81. The molecule has 0 aliphatic carbocycles. The monoisotopic (exact) mass is 337 g/mol. The van der Waals surface area contributed by atoms with E-state index in [9.17, 15) is 4.39 Å². The van der Waals surface area contributed by atoms with Crippen LogP contribution in [0.3, 0.4) is 0 Å². The number of anilines is 1. The van der Waals surface area contributed by atoms with E-state index in [2.05, 4.69) is 28.2 Å². The highest BCUT2D eigenvalue weighted by Gasteiger charge is 2.01. The predicted molar refractivity (Wildman–Crippen MR) is 83.7 cm³/mol. The fourth-order valence-corrected chi connectivity index (χ4v) is 2.17. The molecule has 2 aromatic carbocycles. The summed E-state index contributed by atoms with van der Waals surface area (Å²) in [6.45, 7) is 3.46. The Kier molecular flexibility index (Phi) is 5.41. The van der Waals surface area contributed by atoms with Gasteiger partial charge in [0.25, 0.3) is 0 Å². The predicted octanol–water partition coefficient (Wildman–Crippen LogP) is 4.99. The summed E-state index contributed by atoms with van der Waals surface area (Å²) in [6.07, 6.45) is 0.999. The van der Waals surface area contributed by atoms with E-state index in [-0.39, 0.29) is 5.82 Å². The average Bonchev–Trinajstić information content (AvgIpc) is 2.47. The largest absolute Gasteiger partial charge is 0.494 e. The van der Waals surface area contributed by atoms with Crippen molar-refractivity contribution in [1.82, 2.24) is 0 Å². The molecule has 0 aliphatic rings. The van der Waals surface area contributed by atoms with E-state index in [0.29, 0.717) is 11.0 Å². The van der Waals surface area contributed by atoms with E-state index in [1.54, 1.807) is 12.1 Å². The molecular formula is C16H17BrFNO. The van der Waals surface area contributed by atoms with Crippen LogP contribution in [-0.4, -0.2) is 6.61 Å². The van der Waals surface area contributed by atoms with E-state index >= 15 is 0 Å². The highest BCUT2D eigenvalue weighted by molar-refractivity contribution is 9.10. The third kappa shape index (κ3) is 4.23. The molecule has 0 spiro atoms. The van der Waals surface area contributed by atoms with E-state index < -0.39 is 0 Å². The number of hydrogen-bond donors (Lipinski definition) is 1. The maximum absolute atomic E-state index is 13.1. The van der Waals surface area contributed by atoms with Gasteiger partial charge in [-0.05, 0) is 64.3 Å². The Morgan fingerprint density at radius 1 is 1.15 bits per heavy atom. The molecule has 2 nitrogen and oxygen atoms in total. The lowest BCUT2D eigenvalue weighted by Crippen LogP contribution is -2.00. The number of ether oxygens (including phenoxy) is 1. The highest BCUT2D eigenvalue weighted by Crippen LogP contribution is 2.19. The first kappa shape index (κ1) is 14.9. The maximum Gasteiger partial charge on any atom is 0.137 e. The Labute approximate surface area is 127 Å². The van der Waals surface area contributed by atoms with Gasteiger partial charge in [0.15, 0.2) is 0 Å². The van der Waals surface area contributed by atoms with Crippen LogP contribution in [-0.2, 0) is 6.54 Å². The number of hydrogen-bond acceptors (Lipinski definition) is 2. The van der Waals surface area contributed by atoms with Crippen LogP contribution in [0.25, 0.3) is 0 Å². The van der Waals surface area contributed by atoms with Crippen LogP contribution in [0.2, 0.25) is 0 Å². The van der Waals surface area contributed by atoms with Crippen molar-refractivity contribution < 1.29 is 9.13 Å². The minimum atomic E-state index is -0.244. The van der Waals surface area contributed by atoms with Crippen molar-refractivity contribution in [1.29, 1.82) is 0 Å². The summed E-state index contributed by atoms with van der Waals surface area (Å²) in [4.78, 5) is 0. The van der Waals surface area contributed by atoms with Crippen molar-refractivity contribution in [3.8, 4) is 5.75 Å². The Bertz CT molecular complexity index is 557. The van der Waals surface area contributed by atoms with Crippen LogP contribution in [0.5, 0.6) is 5.75 Å². The van der Waals surface area contributed by atoms with Gasteiger partial charge in [0.1, 0.15) is 11.6 Å². The zero-order chi connectivity index (χ0) is 14.4. The quantitative estimate of drug-likeness (QED) is 0.801. The van der Waals surface area contributed by atoms with Crippen LogP contribution in [0, 0.1) is 5.82 Å². The summed E-state index contributed by atoms with van der Waals surface area (Å²) in [5.41, 5.74) is 2.03. The Morgan fingerprint density at radius 2 is 1.90 bits per heavy atom. The highest BCUT2D eigenvalue weighted by atomic mass is 79.9. The van der Waals surface area contributed by atoms with Crippen molar-refractivity contribution in [2.75, 3.05) is 11.9 Å². The van der Waals surface area contributed by atoms with Gasteiger partial charge in [-0.2, -0.15) is 0 Å². The van der Waals surface area contributed by atoms with Gasteiger partial charge in [-0.3, -0.25) is 0 Å². The molecular weight excluding hydrogens is 321 g/mol. The lowest BCUT2D eigenvalue weighted by molar-refractivity contribution is 0.317. The molecule has 106 valence electrons. The van der Waals surface area contributed by atoms with Crippen LogP contribution >= 0.6 is 15.9 Å². The van der Waals surface area contributed by atoms with Gasteiger partial charge in [-0.1, -0.05) is 13.0 Å². The summed E-state index contributed by atoms with van der Waals surface area (Å²) in [5, 5.41) is 3.29. The van der Waals surface area contributed by atoms with Crippen LogP contribution in [0.15, 0.2) is 46.9 Å². The van der Waals surface area contributed by atoms with E-state index in [0.717, 1.165) is 30.0 Å². The minimum absolute atomic E-state index is 0.244. The van der Waals surface area contributed by atoms with E-state index in [1.807, 2.05) is 24.3 Å². The molecule has 0 atom stereocenters. The average molecular weight is 338 g/mol. The molecule has 2 rings (SSSR count). The van der Waals surface area contributed by atoms with Gasteiger partial charge in [0, 0.05) is 12.2 Å². The Balaban J connectivity index is 1.91. The summed E-state index contributed by atoms with van der Waals surface area (Å²) in [5.74, 6) is 0.633. The molecule has 0 heterocycles. The molecule has 4 heteroatoms. The molecule has 0 saturated carbocycles. The molecule has 0 aromatic heterocycles.